The van der Waals surface area contributed by atoms with Gasteiger partial charge in [-0.1, -0.05) is 6.92 Å². The smallest absolute Gasteiger partial charge is 0.294 e. The fraction of sp³-hybridized carbons (Fsp3) is 0.571. The minimum atomic E-state index is -0.422. The zero-order valence-electron chi connectivity index (χ0n) is 7.73. The summed E-state index contributed by atoms with van der Waals surface area (Å²) in [6, 6.07) is 0. The lowest BCUT2D eigenvalue weighted by Gasteiger charge is -2.08. The van der Waals surface area contributed by atoms with Crippen LogP contribution in [0.1, 0.15) is 25.0 Å². The first-order chi connectivity index (χ1) is 6.57. The van der Waals surface area contributed by atoms with Gasteiger partial charge in [0.05, 0.1) is 0 Å². The number of nitrogens with two attached hydrogens (primary N) is 1. The van der Waals surface area contributed by atoms with Crippen LogP contribution in [-0.2, 0) is 0 Å². The third-order valence-electron chi connectivity index (χ3n) is 1.96. The Kier molecular flexibility index (Phi) is 3.37. The molecule has 6 nitrogen and oxygen atoms in total. The van der Waals surface area contributed by atoms with Gasteiger partial charge in [0.15, 0.2) is 0 Å². The number of hydrogen-bond donors (Lipinski definition) is 3. The Labute approximate surface area is 85.4 Å². The number of aromatic nitrogens is 3. The zero-order chi connectivity index (χ0) is 10.7. The molecular weight excluding hydrogens is 204 g/mol. The van der Waals surface area contributed by atoms with Gasteiger partial charge in [-0.05, 0) is 18.6 Å². The second kappa shape index (κ2) is 4.34. The summed E-state index contributed by atoms with van der Waals surface area (Å²) in [5.41, 5.74) is -0.134. The van der Waals surface area contributed by atoms with Crippen molar-refractivity contribution in [3.05, 3.63) is 20.8 Å². The molecule has 7 heteroatoms. The van der Waals surface area contributed by atoms with Gasteiger partial charge in [-0.25, -0.2) is 0 Å². The minimum absolute atomic E-state index is 0.00246. The van der Waals surface area contributed by atoms with Crippen LogP contribution >= 0.6 is 12.2 Å². The first-order valence-corrected chi connectivity index (χ1v) is 4.56. The van der Waals surface area contributed by atoms with Crippen LogP contribution in [-0.4, -0.2) is 26.6 Å². The number of rotatable bonds is 3. The van der Waals surface area contributed by atoms with Crippen molar-refractivity contribution in [2.24, 2.45) is 0 Å². The van der Waals surface area contributed by atoms with Crippen molar-refractivity contribution in [2.75, 3.05) is 12.4 Å². The molecule has 1 aromatic rings. The van der Waals surface area contributed by atoms with Crippen molar-refractivity contribution < 1.29 is 5.11 Å². The molecular formula is C7H12N4O2S. The van der Waals surface area contributed by atoms with Crippen LogP contribution in [0, 0.1) is 4.77 Å². The van der Waals surface area contributed by atoms with E-state index < -0.39 is 5.56 Å². The molecule has 0 amide bonds. The Hall–Kier alpha value is -1.21. The molecule has 0 saturated heterocycles. The molecule has 0 aliphatic rings. The number of aliphatic hydroxyl groups is 1. The summed E-state index contributed by atoms with van der Waals surface area (Å²) in [5, 5.41) is 15.0. The normalized spacial score (nSPS) is 12.7. The minimum Gasteiger partial charge on any atom is -0.396 e. The number of aromatic amines is 1. The molecule has 0 aliphatic heterocycles. The molecule has 14 heavy (non-hydrogen) atoms. The van der Waals surface area contributed by atoms with Gasteiger partial charge in [0.25, 0.3) is 5.56 Å². The molecule has 1 atom stereocenters. The van der Waals surface area contributed by atoms with Crippen molar-refractivity contribution in [2.45, 2.75) is 19.3 Å². The lowest BCUT2D eigenvalue weighted by molar-refractivity contribution is 0.277. The van der Waals surface area contributed by atoms with E-state index in [9.17, 15) is 4.79 Å². The number of hydrogen-bond acceptors (Lipinski definition) is 5. The Morgan fingerprint density at radius 1 is 1.79 bits per heavy atom. The molecule has 1 rings (SSSR count). The summed E-state index contributed by atoms with van der Waals surface area (Å²) in [4.78, 5) is 11.5. The van der Waals surface area contributed by atoms with Crippen LogP contribution < -0.4 is 11.4 Å². The Bertz CT molecular complexity index is 424. The number of H-pyrrole nitrogens is 1. The fourth-order valence-corrected chi connectivity index (χ4v) is 1.21. The van der Waals surface area contributed by atoms with Gasteiger partial charge < -0.3 is 10.9 Å². The van der Waals surface area contributed by atoms with Crippen LogP contribution in [0.15, 0.2) is 4.79 Å². The van der Waals surface area contributed by atoms with Gasteiger partial charge in [0, 0.05) is 12.5 Å². The molecule has 0 saturated carbocycles. The van der Waals surface area contributed by atoms with Crippen molar-refractivity contribution in [1.29, 1.82) is 0 Å². The summed E-state index contributed by atoms with van der Waals surface area (Å²) >= 11 is 4.72. The van der Waals surface area contributed by atoms with E-state index in [1.807, 2.05) is 0 Å². The van der Waals surface area contributed by atoms with Crippen LogP contribution in [0.25, 0.3) is 0 Å². The molecule has 0 radical (unpaired) electrons. The van der Waals surface area contributed by atoms with E-state index in [1.165, 1.54) is 0 Å². The highest BCUT2D eigenvalue weighted by Crippen LogP contribution is 2.10. The predicted octanol–water partition coefficient (Wildman–Crippen LogP) is -0.499. The molecule has 0 spiro atoms. The van der Waals surface area contributed by atoms with Crippen LogP contribution in [0.3, 0.4) is 0 Å². The fourth-order valence-electron chi connectivity index (χ4n) is 1.08. The molecule has 1 aromatic heterocycles. The molecule has 78 valence electrons. The largest absolute Gasteiger partial charge is 0.396 e. The second-order valence-corrected chi connectivity index (χ2v) is 3.39. The Balaban J connectivity index is 3.18. The van der Waals surface area contributed by atoms with Crippen molar-refractivity contribution in [3.63, 3.8) is 0 Å². The maximum atomic E-state index is 11.5. The quantitative estimate of drug-likeness (QED) is 0.467. The highest BCUT2D eigenvalue weighted by atomic mass is 32.1. The molecule has 0 aromatic carbocycles. The molecule has 0 aliphatic carbocycles. The highest BCUT2D eigenvalue weighted by Gasteiger charge is 2.12. The molecule has 4 N–H and O–H groups in total. The Morgan fingerprint density at radius 3 is 3.00 bits per heavy atom. The SMILES string of the molecule is CC(CCO)c1n[nH]c(=S)n(N)c1=O. The lowest BCUT2D eigenvalue weighted by Crippen LogP contribution is -2.33. The van der Waals surface area contributed by atoms with Crippen molar-refractivity contribution in [3.8, 4) is 0 Å². The third kappa shape index (κ3) is 1.99. The maximum absolute atomic E-state index is 11.5. The van der Waals surface area contributed by atoms with E-state index in [2.05, 4.69) is 10.2 Å². The maximum Gasteiger partial charge on any atom is 0.294 e. The van der Waals surface area contributed by atoms with Crippen LogP contribution in [0.2, 0.25) is 0 Å². The third-order valence-corrected chi connectivity index (χ3v) is 2.25. The lowest BCUT2D eigenvalue weighted by atomic mass is 10.1. The average molecular weight is 216 g/mol. The Morgan fingerprint density at radius 2 is 2.43 bits per heavy atom. The summed E-state index contributed by atoms with van der Waals surface area (Å²) in [6.07, 6.45) is 0.465. The molecule has 0 fully saturated rings. The summed E-state index contributed by atoms with van der Waals surface area (Å²) in [6.45, 7) is 1.79. The standard InChI is InChI=1S/C7H12N4O2S/c1-4(2-3-12)5-6(13)11(8)7(14)10-9-5/h4,12H,2-3,8H2,1H3,(H,10,14). The van der Waals surface area contributed by atoms with E-state index in [1.54, 1.807) is 6.92 Å². The second-order valence-electron chi connectivity index (χ2n) is 3.00. The summed E-state index contributed by atoms with van der Waals surface area (Å²) in [7, 11) is 0. The number of nitrogens with zero attached hydrogens (tertiary/aromatic N) is 2. The predicted molar refractivity (Wildman–Crippen MR) is 53.9 cm³/mol. The van der Waals surface area contributed by atoms with Gasteiger partial charge in [0.1, 0.15) is 5.69 Å². The van der Waals surface area contributed by atoms with Gasteiger partial charge in [0.2, 0.25) is 4.77 Å². The van der Waals surface area contributed by atoms with E-state index in [0.29, 0.717) is 6.42 Å². The average Bonchev–Trinajstić information content (AvgIpc) is 2.15. The monoisotopic (exact) mass is 216 g/mol. The van der Waals surface area contributed by atoms with Gasteiger partial charge in [-0.15, -0.1) is 0 Å². The van der Waals surface area contributed by atoms with E-state index in [0.717, 1.165) is 4.68 Å². The molecule has 1 unspecified atom stereocenters. The summed E-state index contributed by atoms with van der Waals surface area (Å²) in [5.74, 6) is 5.24. The van der Waals surface area contributed by atoms with Crippen LogP contribution in [0.5, 0.6) is 0 Å². The zero-order valence-corrected chi connectivity index (χ0v) is 8.54. The first kappa shape index (κ1) is 10.9. The number of nitrogens with one attached hydrogen (secondary N) is 1. The highest BCUT2D eigenvalue weighted by molar-refractivity contribution is 7.71. The van der Waals surface area contributed by atoms with Crippen molar-refractivity contribution >= 4 is 12.2 Å². The summed E-state index contributed by atoms with van der Waals surface area (Å²) < 4.78 is 0.917. The molecule has 1 heterocycles. The molecule has 0 bridgehead atoms. The van der Waals surface area contributed by atoms with Crippen LogP contribution in [0.4, 0.5) is 0 Å². The topological polar surface area (TPSA) is 96.9 Å². The van der Waals surface area contributed by atoms with E-state index >= 15 is 0 Å². The van der Waals surface area contributed by atoms with Gasteiger partial charge in [-0.3, -0.25) is 9.89 Å². The number of aliphatic hydroxyl groups excluding tert-OH is 1. The van der Waals surface area contributed by atoms with E-state index in [4.69, 9.17) is 23.2 Å². The van der Waals surface area contributed by atoms with Crippen molar-refractivity contribution in [1.82, 2.24) is 14.9 Å². The first-order valence-electron chi connectivity index (χ1n) is 4.15. The number of nitrogen functional groups attached to an aromatic ring is 1. The van der Waals surface area contributed by atoms with Gasteiger partial charge >= 0.3 is 0 Å². The van der Waals surface area contributed by atoms with Gasteiger partial charge in [-0.2, -0.15) is 9.77 Å². The van der Waals surface area contributed by atoms with E-state index in [-0.39, 0.29) is 23.0 Å².